The van der Waals surface area contributed by atoms with Crippen LogP contribution in [0.5, 0.6) is 5.88 Å². The first-order chi connectivity index (χ1) is 16.5. The molecule has 2 aliphatic heterocycles. The molecule has 0 aliphatic carbocycles. The van der Waals surface area contributed by atoms with Crippen molar-refractivity contribution in [1.29, 1.82) is 0 Å². The predicted molar refractivity (Wildman–Crippen MR) is 123 cm³/mol. The predicted octanol–water partition coefficient (Wildman–Crippen LogP) is 4.83. The van der Waals surface area contributed by atoms with Crippen molar-refractivity contribution in [3.05, 3.63) is 42.1 Å². The normalized spacial score (nSPS) is 17.3. The second-order valence-corrected chi connectivity index (χ2v) is 8.75. The Hall–Kier alpha value is -3.14. The van der Waals surface area contributed by atoms with Gasteiger partial charge in [0.15, 0.2) is 0 Å². The van der Waals surface area contributed by atoms with Gasteiger partial charge in [0.1, 0.15) is 0 Å². The number of aliphatic carboxylic acids is 1. The van der Waals surface area contributed by atoms with E-state index < -0.39 is 12.1 Å². The van der Waals surface area contributed by atoms with Gasteiger partial charge in [0, 0.05) is 49.0 Å². The minimum atomic E-state index is -5.08. The number of carboxylic acid groups (broad SMARTS) is 1. The molecule has 1 amide bonds. The number of alkyl halides is 3. The molecule has 1 unspecified atom stereocenters. The monoisotopic (exact) mass is 494 g/mol. The average molecular weight is 495 g/mol. The molecular weight excluding hydrogens is 465 g/mol. The molecule has 0 radical (unpaired) electrons. The van der Waals surface area contributed by atoms with Gasteiger partial charge in [-0.2, -0.15) is 13.2 Å². The molecule has 0 bridgehead atoms. The first kappa shape index (κ1) is 26.5. The summed E-state index contributed by atoms with van der Waals surface area (Å²) in [5.41, 5.74) is 4.54. The third-order valence-corrected chi connectivity index (χ3v) is 6.59. The van der Waals surface area contributed by atoms with E-state index in [4.69, 9.17) is 19.4 Å². The second kappa shape index (κ2) is 10.6. The van der Waals surface area contributed by atoms with Crippen LogP contribution < -0.4 is 9.64 Å². The highest BCUT2D eigenvalue weighted by Crippen LogP contribution is 2.48. The summed E-state index contributed by atoms with van der Waals surface area (Å²) >= 11 is 0. The molecule has 0 saturated carbocycles. The molecule has 2 aromatic rings. The van der Waals surface area contributed by atoms with Gasteiger partial charge in [-0.05, 0) is 54.2 Å². The number of carboxylic acids is 1. The first-order valence-electron chi connectivity index (χ1n) is 11.4. The van der Waals surface area contributed by atoms with Gasteiger partial charge in [-0.15, -0.1) is 0 Å². The number of carbonyl (C=O) groups excluding carboxylic acids is 1. The van der Waals surface area contributed by atoms with E-state index in [1.165, 1.54) is 5.56 Å². The number of fused-ring (bicyclic) bond motifs is 2. The number of halogens is 3. The van der Waals surface area contributed by atoms with E-state index in [2.05, 4.69) is 30.1 Å². The van der Waals surface area contributed by atoms with Crippen LogP contribution in [0.1, 0.15) is 38.7 Å². The van der Waals surface area contributed by atoms with E-state index in [9.17, 15) is 18.0 Å². The number of amides is 1. The lowest BCUT2D eigenvalue weighted by atomic mass is 9.75. The second-order valence-electron chi connectivity index (χ2n) is 8.75. The molecule has 1 saturated heterocycles. The molecule has 190 valence electrons. The van der Waals surface area contributed by atoms with Crippen molar-refractivity contribution >= 4 is 17.6 Å². The number of anilines is 1. The van der Waals surface area contributed by atoms with Crippen LogP contribution in [-0.2, 0) is 19.7 Å². The summed E-state index contributed by atoms with van der Waals surface area (Å²) in [5, 5.41) is 7.12. The summed E-state index contributed by atoms with van der Waals surface area (Å²) in [6.45, 7) is 6.35. The number of rotatable bonds is 4. The quantitative estimate of drug-likeness (QED) is 0.655. The number of hydrogen-bond donors (Lipinski definition) is 1. The van der Waals surface area contributed by atoms with E-state index in [0.29, 0.717) is 5.88 Å². The molecular formula is C25H29F3N2O5. The van der Waals surface area contributed by atoms with Gasteiger partial charge in [-0.25, -0.2) is 9.78 Å². The van der Waals surface area contributed by atoms with Gasteiger partial charge in [0.05, 0.1) is 7.11 Å². The topological polar surface area (TPSA) is 89.0 Å². The third-order valence-electron chi connectivity index (χ3n) is 6.59. The van der Waals surface area contributed by atoms with E-state index >= 15 is 0 Å². The Kier molecular flexibility index (Phi) is 8.04. The van der Waals surface area contributed by atoms with Crippen molar-refractivity contribution in [3.8, 4) is 17.0 Å². The van der Waals surface area contributed by atoms with Crippen LogP contribution >= 0.6 is 0 Å². The summed E-state index contributed by atoms with van der Waals surface area (Å²) in [6, 6.07) is 10.4. The Morgan fingerprint density at radius 3 is 2.40 bits per heavy atom. The number of aromatic nitrogens is 1. The number of benzene rings is 1. The van der Waals surface area contributed by atoms with E-state index in [-0.39, 0.29) is 17.2 Å². The van der Waals surface area contributed by atoms with Crippen LogP contribution in [0.4, 0.5) is 18.9 Å². The molecule has 1 aromatic heterocycles. The van der Waals surface area contributed by atoms with Gasteiger partial charge >= 0.3 is 12.1 Å². The van der Waals surface area contributed by atoms with Gasteiger partial charge < -0.3 is 19.5 Å². The number of ether oxygens (including phenoxy) is 2. The Bertz CT molecular complexity index is 1070. The highest BCUT2D eigenvalue weighted by atomic mass is 19.4. The Labute approximate surface area is 201 Å². The van der Waals surface area contributed by atoms with Gasteiger partial charge in [-0.1, -0.05) is 19.9 Å². The van der Waals surface area contributed by atoms with Crippen molar-refractivity contribution in [2.24, 2.45) is 5.92 Å². The summed E-state index contributed by atoms with van der Waals surface area (Å²) in [4.78, 5) is 28.2. The van der Waals surface area contributed by atoms with Crippen molar-refractivity contribution in [1.82, 2.24) is 4.98 Å². The maximum Gasteiger partial charge on any atom is 0.490 e. The standard InChI is InChI=1S/C23H28N2O3.C2HF3O2/c1-4-16(2)22(26)25-15-23(8-11-28-12-9-23)19-13-17(5-6-20(19)25)18-7-10-24-21(14-18)27-3;3-2(4,5)1(6)7/h5-7,10,13-14,16H,4,8-9,11-12,15H2,1-3H3;(H,6,7). The number of pyridine rings is 1. The zero-order valence-electron chi connectivity index (χ0n) is 19.9. The molecule has 1 spiro atoms. The smallest absolute Gasteiger partial charge is 0.481 e. The summed E-state index contributed by atoms with van der Waals surface area (Å²) in [5.74, 6) is -1.89. The van der Waals surface area contributed by atoms with E-state index in [1.54, 1.807) is 13.3 Å². The molecule has 1 aromatic carbocycles. The molecule has 35 heavy (non-hydrogen) atoms. The fourth-order valence-corrected chi connectivity index (χ4v) is 4.38. The molecule has 2 aliphatic rings. The molecule has 10 heteroatoms. The molecule has 1 N–H and O–H groups in total. The van der Waals surface area contributed by atoms with Crippen LogP contribution in [0.2, 0.25) is 0 Å². The van der Waals surface area contributed by atoms with Crippen LogP contribution in [0.15, 0.2) is 36.5 Å². The highest BCUT2D eigenvalue weighted by molar-refractivity contribution is 5.98. The summed E-state index contributed by atoms with van der Waals surface area (Å²) in [7, 11) is 1.63. The number of nitrogens with zero attached hydrogens (tertiary/aromatic N) is 2. The first-order valence-corrected chi connectivity index (χ1v) is 11.4. The minimum Gasteiger partial charge on any atom is -0.481 e. The molecule has 7 nitrogen and oxygen atoms in total. The van der Waals surface area contributed by atoms with Gasteiger partial charge in [-0.3, -0.25) is 4.79 Å². The number of methoxy groups -OCH3 is 1. The van der Waals surface area contributed by atoms with Crippen molar-refractivity contribution in [3.63, 3.8) is 0 Å². The Morgan fingerprint density at radius 1 is 1.20 bits per heavy atom. The fraction of sp³-hybridized carbons (Fsp3) is 0.480. The molecule has 1 atom stereocenters. The molecule has 1 fully saturated rings. The lowest BCUT2D eigenvalue weighted by Gasteiger charge is -2.34. The molecule has 3 heterocycles. The number of hydrogen-bond acceptors (Lipinski definition) is 5. The van der Waals surface area contributed by atoms with E-state index in [1.807, 2.05) is 24.0 Å². The summed E-state index contributed by atoms with van der Waals surface area (Å²) < 4.78 is 42.7. The minimum absolute atomic E-state index is 0.0101. The fourth-order valence-electron chi connectivity index (χ4n) is 4.38. The van der Waals surface area contributed by atoms with Crippen LogP contribution in [-0.4, -0.2) is 55.0 Å². The Morgan fingerprint density at radius 2 is 1.83 bits per heavy atom. The van der Waals surface area contributed by atoms with Crippen LogP contribution in [0.3, 0.4) is 0 Å². The zero-order chi connectivity index (χ0) is 25.8. The van der Waals surface area contributed by atoms with Crippen LogP contribution in [0.25, 0.3) is 11.1 Å². The van der Waals surface area contributed by atoms with Gasteiger partial charge in [0.25, 0.3) is 0 Å². The SMILES string of the molecule is CCC(C)C(=O)N1CC2(CCOCC2)c2cc(-c3ccnc(OC)c3)ccc21.O=C(O)C(F)(F)F. The van der Waals surface area contributed by atoms with Gasteiger partial charge in [0.2, 0.25) is 11.8 Å². The largest absolute Gasteiger partial charge is 0.490 e. The molecule has 4 rings (SSSR count). The lowest BCUT2D eigenvalue weighted by molar-refractivity contribution is -0.192. The van der Waals surface area contributed by atoms with Crippen molar-refractivity contribution < 1.29 is 37.3 Å². The van der Waals surface area contributed by atoms with Crippen LogP contribution in [0, 0.1) is 5.92 Å². The lowest BCUT2D eigenvalue weighted by Crippen LogP contribution is -2.42. The average Bonchev–Trinajstić information content (AvgIpc) is 3.16. The maximum atomic E-state index is 13.1. The number of carbonyl (C=O) groups is 2. The van der Waals surface area contributed by atoms with Crippen molar-refractivity contribution in [2.75, 3.05) is 31.8 Å². The Balaban J connectivity index is 0.000000429. The maximum absolute atomic E-state index is 13.1. The summed E-state index contributed by atoms with van der Waals surface area (Å²) in [6.07, 6.45) is -0.555. The highest BCUT2D eigenvalue weighted by Gasteiger charge is 2.46. The third kappa shape index (κ3) is 5.75. The van der Waals surface area contributed by atoms with E-state index in [0.717, 1.165) is 55.8 Å². The van der Waals surface area contributed by atoms with Crippen molar-refractivity contribution in [2.45, 2.75) is 44.7 Å². The zero-order valence-corrected chi connectivity index (χ0v) is 19.9.